The Balaban J connectivity index is 3.54. The molecule has 2 unspecified atom stereocenters. The van der Waals surface area contributed by atoms with Gasteiger partial charge in [0.05, 0.1) is 0 Å². The van der Waals surface area contributed by atoms with E-state index in [1.807, 2.05) is 0 Å². The van der Waals surface area contributed by atoms with Crippen LogP contribution in [0.25, 0.3) is 0 Å². The van der Waals surface area contributed by atoms with Crippen molar-refractivity contribution in [1.29, 1.82) is 0 Å². The van der Waals surface area contributed by atoms with Crippen molar-refractivity contribution in [2.24, 2.45) is 23.7 Å². The van der Waals surface area contributed by atoms with Gasteiger partial charge in [0.15, 0.2) is 0 Å². The van der Waals surface area contributed by atoms with Crippen molar-refractivity contribution in [3.8, 4) is 0 Å². The lowest BCUT2D eigenvalue weighted by Gasteiger charge is -2.16. The fourth-order valence-corrected chi connectivity index (χ4v) is 4.65. The van der Waals surface area contributed by atoms with Gasteiger partial charge in [-0.05, 0) is 61.2 Å². The van der Waals surface area contributed by atoms with Gasteiger partial charge in [0.2, 0.25) is 0 Å². The van der Waals surface area contributed by atoms with E-state index in [9.17, 15) is 0 Å². The van der Waals surface area contributed by atoms with Gasteiger partial charge in [-0.2, -0.15) is 0 Å². The molecule has 0 aromatic heterocycles. The van der Waals surface area contributed by atoms with Gasteiger partial charge in [-0.3, -0.25) is 0 Å². The highest BCUT2D eigenvalue weighted by Gasteiger charge is 2.09. The Labute approximate surface area is 193 Å². The molecule has 0 aliphatic rings. The first kappa shape index (κ1) is 30.0. The fraction of sp³-hybridized carbons (Fsp3) is 0.933. The van der Waals surface area contributed by atoms with E-state index in [0.717, 1.165) is 23.7 Å². The van der Waals surface area contributed by atoms with Crippen LogP contribution in [0, 0.1) is 35.5 Å². The molecule has 2 atom stereocenters. The second kappa shape index (κ2) is 19.7. The average molecular weight is 421 g/mol. The smallest absolute Gasteiger partial charge is 0.0272 e. The summed E-state index contributed by atoms with van der Waals surface area (Å²) >= 11 is 0. The van der Waals surface area contributed by atoms with E-state index >= 15 is 0 Å². The first-order valence-electron chi connectivity index (χ1n) is 13.8. The standard InChI is InChI=1S/C30H60/c1-25(2)15-11-19-29(7)23-13-21-27(5)17-9-10-18-28(6)22-14-24-30(8)20-12-16-26(3)4/h25-26,29-30H,9-24H2,1-8H3. The summed E-state index contributed by atoms with van der Waals surface area (Å²) in [5.74, 6) is 7.08. The van der Waals surface area contributed by atoms with Gasteiger partial charge in [0.25, 0.3) is 0 Å². The van der Waals surface area contributed by atoms with Gasteiger partial charge < -0.3 is 0 Å². The van der Waals surface area contributed by atoms with Crippen LogP contribution in [0.1, 0.15) is 158 Å². The van der Waals surface area contributed by atoms with Gasteiger partial charge in [-0.15, -0.1) is 0 Å². The second-order valence-corrected chi connectivity index (χ2v) is 11.8. The third-order valence-corrected chi connectivity index (χ3v) is 7.01. The Kier molecular flexibility index (Phi) is 19.7. The molecule has 0 N–H and O–H groups in total. The molecule has 0 amide bonds. The van der Waals surface area contributed by atoms with Crippen molar-refractivity contribution >= 4 is 0 Å². The maximum absolute atomic E-state index is 2.46. The number of unbranched alkanes of at least 4 members (excludes halogenated alkanes) is 1. The minimum absolute atomic E-state index is 0.872. The van der Waals surface area contributed by atoms with Crippen molar-refractivity contribution < 1.29 is 0 Å². The highest BCUT2D eigenvalue weighted by Crippen LogP contribution is 2.25. The van der Waals surface area contributed by atoms with Crippen LogP contribution in [0.15, 0.2) is 0 Å². The van der Waals surface area contributed by atoms with Crippen LogP contribution >= 0.6 is 0 Å². The highest BCUT2D eigenvalue weighted by molar-refractivity contribution is 4.86. The number of hydrogen-bond donors (Lipinski definition) is 0. The molecule has 0 nitrogen and oxygen atoms in total. The summed E-state index contributed by atoms with van der Waals surface area (Å²) in [5.41, 5.74) is 0. The molecule has 0 rings (SSSR count). The lowest BCUT2D eigenvalue weighted by atomic mass is 9.90. The zero-order chi connectivity index (χ0) is 22.8. The van der Waals surface area contributed by atoms with Crippen LogP contribution in [0.5, 0.6) is 0 Å². The topological polar surface area (TPSA) is 0 Å². The summed E-state index contributed by atoms with van der Waals surface area (Å²) in [5, 5.41) is 0. The maximum Gasteiger partial charge on any atom is -0.0272 e. The zero-order valence-electron chi connectivity index (χ0n) is 22.6. The van der Waals surface area contributed by atoms with Crippen LogP contribution in [0.2, 0.25) is 0 Å². The van der Waals surface area contributed by atoms with E-state index in [4.69, 9.17) is 0 Å². The molecular formula is C30H60. The predicted octanol–water partition coefficient (Wildman–Crippen LogP) is 11.0. The molecule has 0 fully saturated rings. The molecule has 0 aliphatic heterocycles. The van der Waals surface area contributed by atoms with E-state index in [0.29, 0.717) is 0 Å². The van der Waals surface area contributed by atoms with Gasteiger partial charge in [-0.1, -0.05) is 132 Å². The normalized spacial score (nSPS) is 14.4. The molecule has 0 aromatic carbocycles. The summed E-state index contributed by atoms with van der Waals surface area (Å²) in [7, 11) is 0. The molecule has 0 spiro atoms. The van der Waals surface area contributed by atoms with Gasteiger partial charge in [0.1, 0.15) is 0 Å². The van der Waals surface area contributed by atoms with E-state index in [1.54, 1.807) is 11.8 Å². The lowest BCUT2D eigenvalue weighted by molar-refractivity contribution is 0.420. The van der Waals surface area contributed by atoms with Gasteiger partial charge in [0, 0.05) is 0 Å². The van der Waals surface area contributed by atoms with Crippen LogP contribution in [0.4, 0.5) is 0 Å². The molecule has 0 aromatic rings. The summed E-state index contributed by atoms with van der Waals surface area (Å²) in [6.07, 6.45) is 22.5. The Morgan fingerprint density at radius 1 is 0.400 bits per heavy atom. The van der Waals surface area contributed by atoms with Crippen molar-refractivity contribution in [2.45, 2.75) is 158 Å². The largest absolute Gasteiger partial charge is 0.0628 e. The molecule has 0 bridgehead atoms. The second-order valence-electron chi connectivity index (χ2n) is 11.8. The maximum atomic E-state index is 2.46. The Hall–Kier alpha value is 0. The van der Waals surface area contributed by atoms with Crippen LogP contribution < -0.4 is 0 Å². The molecule has 0 heteroatoms. The van der Waals surface area contributed by atoms with Crippen LogP contribution in [-0.4, -0.2) is 0 Å². The average Bonchev–Trinajstić information content (AvgIpc) is 2.64. The highest BCUT2D eigenvalue weighted by atomic mass is 14.1. The molecular weight excluding hydrogens is 360 g/mol. The minimum Gasteiger partial charge on any atom is -0.0628 e. The summed E-state index contributed by atoms with van der Waals surface area (Å²) in [6, 6.07) is 0. The van der Waals surface area contributed by atoms with E-state index in [2.05, 4.69) is 55.4 Å². The van der Waals surface area contributed by atoms with E-state index in [1.165, 1.54) is 103 Å². The Morgan fingerprint density at radius 3 is 1.03 bits per heavy atom. The van der Waals surface area contributed by atoms with Crippen LogP contribution in [0.3, 0.4) is 0 Å². The molecule has 0 heterocycles. The molecule has 180 valence electrons. The predicted molar refractivity (Wildman–Crippen MR) is 140 cm³/mol. The van der Waals surface area contributed by atoms with Crippen molar-refractivity contribution in [3.05, 3.63) is 11.8 Å². The summed E-state index contributed by atoms with van der Waals surface area (Å²) in [4.78, 5) is 0. The quantitative estimate of drug-likeness (QED) is 0.162. The Bertz CT molecular complexity index is 308. The molecule has 0 saturated carbocycles. The summed E-state index contributed by atoms with van der Waals surface area (Å²) in [6.45, 7) is 19.1. The first-order valence-corrected chi connectivity index (χ1v) is 13.8. The van der Waals surface area contributed by atoms with Crippen LogP contribution in [-0.2, 0) is 0 Å². The third-order valence-electron chi connectivity index (χ3n) is 7.01. The fourth-order valence-electron chi connectivity index (χ4n) is 4.65. The molecule has 0 aliphatic carbocycles. The number of hydrogen-bond acceptors (Lipinski definition) is 0. The van der Waals surface area contributed by atoms with Gasteiger partial charge >= 0.3 is 0 Å². The lowest BCUT2D eigenvalue weighted by Crippen LogP contribution is -2.00. The SMILES string of the molecule is C[C](CCCC[C](C)CCCC(C)CCCC(C)C)CCCC(C)CCCC(C)C. The molecule has 0 saturated heterocycles. The van der Waals surface area contributed by atoms with Crippen molar-refractivity contribution in [2.75, 3.05) is 0 Å². The van der Waals surface area contributed by atoms with Gasteiger partial charge in [-0.25, -0.2) is 0 Å². The molecule has 30 heavy (non-hydrogen) atoms. The van der Waals surface area contributed by atoms with Crippen molar-refractivity contribution in [3.63, 3.8) is 0 Å². The van der Waals surface area contributed by atoms with E-state index in [-0.39, 0.29) is 0 Å². The van der Waals surface area contributed by atoms with Crippen molar-refractivity contribution in [1.82, 2.24) is 0 Å². The monoisotopic (exact) mass is 420 g/mol. The zero-order valence-corrected chi connectivity index (χ0v) is 22.6. The molecule has 2 radical (unpaired) electrons. The summed E-state index contributed by atoms with van der Waals surface area (Å²) < 4.78 is 0. The number of rotatable bonds is 21. The first-order chi connectivity index (χ1) is 14.2. The third kappa shape index (κ3) is 21.2. The minimum atomic E-state index is 0.872. The van der Waals surface area contributed by atoms with E-state index < -0.39 is 0 Å². The Morgan fingerprint density at radius 2 is 0.700 bits per heavy atom.